The van der Waals surface area contributed by atoms with Gasteiger partial charge in [0, 0.05) is 6.54 Å². The number of hydrogen-bond acceptors (Lipinski definition) is 2. The van der Waals surface area contributed by atoms with Gasteiger partial charge in [0.25, 0.3) is 0 Å². The summed E-state index contributed by atoms with van der Waals surface area (Å²) in [6, 6.07) is 0. The smallest absolute Gasteiger partial charge is 0.164 e. The van der Waals surface area contributed by atoms with Crippen LogP contribution in [0.15, 0.2) is 10.8 Å². The lowest BCUT2D eigenvalue weighted by Crippen LogP contribution is -1.99. The van der Waals surface area contributed by atoms with Crippen molar-refractivity contribution in [3.8, 4) is 0 Å². The second-order valence-corrected chi connectivity index (χ2v) is 3.38. The van der Waals surface area contributed by atoms with Crippen LogP contribution in [0.2, 0.25) is 0 Å². The van der Waals surface area contributed by atoms with Crippen LogP contribution in [0, 0.1) is 0 Å². The fourth-order valence-electron chi connectivity index (χ4n) is 0.974. The summed E-state index contributed by atoms with van der Waals surface area (Å²) < 4.78 is 2.58. The Morgan fingerprint density at radius 3 is 2.83 bits per heavy atom. The highest BCUT2D eigenvalue weighted by molar-refractivity contribution is 9.10. The molecule has 0 atom stereocenters. The van der Waals surface area contributed by atoms with Crippen LogP contribution < -0.4 is 0 Å². The molecule has 1 rings (SSSR count). The number of ketones is 1. The second-order valence-electron chi connectivity index (χ2n) is 2.63. The van der Waals surface area contributed by atoms with Gasteiger partial charge >= 0.3 is 0 Å². The molecule has 0 saturated carbocycles. The Balaban J connectivity index is 2.96. The normalized spacial score (nSPS) is 10.2. The predicted octanol–water partition coefficient (Wildman–Crippen LogP) is 2.26. The summed E-state index contributed by atoms with van der Waals surface area (Å²) in [5.74, 6) is 0.0456. The van der Waals surface area contributed by atoms with Crippen molar-refractivity contribution in [1.29, 1.82) is 0 Å². The highest BCUT2D eigenvalue weighted by Gasteiger charge is 2.10. The maximum absolute atomic E-state index is 11.0. The average molecular weight is 231 g/mol. The third-order valence-corrected chi connectivity index (χ3v) is 2.43. The molecule has 1 aromatic heterocycles. The monoisotopic (exact) mass is 230 g/mol. The van der Waals surface area contributed by atoms with Gasteiger partial charge in [-0.2, -0.15) is 5.10 Å². The summed E-state index contributed by atoms with van der Waals surface area (Å²) in [7, 11) is 0. The number of rotatable bonds is 3. The van der Waals surface area contributed by atoms with Crippen molar-refractivity contribution in [2.24, 2.45) is 0 Å². The molecule has 66 valence electrons. The number of aryl methyl sites for hydroxylation is 1. The minimum atomic E-state index is 0.0456. The summed E-state index contributed by atoms with van der Waals surface area (Å²) in [5, 5.41) is 4.08. The van der Waals surface area contributed by atoms with Crippen molar-refractivity contribution in [3.05, 3.63) is 16.4 Å². The van der Waals surface area contributed by atoms with E-state index >= 15 is 0 Å². The fraction of sp³-hybridized carbons (Fsp3) is 0.500. The molecule has 0 bridgehead atoms. The zero-order valence-corrected chi connectivity index (χ0v) is 8.76. The highest BCUT2D eigenvalue weighted by Crippen LogP contribution is 2.16. The van der Waals surface area contributed by atoms with Crippen molar-refractivity contribution in [2.45, 2.75) is 26.8 Å². The van der Waals surface area contributed by atoms with Crippen molar-refractivity contribution in [1.82, 2.24) is 9.78 Å². The maximum Gasteiger partial charge on any atom is 0.164 e. The van der Waals surface area contributed by atoms with Gasteiger partial charge in [-0.05, 0) is 29.3 Å². The molecule has 1 heterocycles. The Hall–Kier alpha value is -0.640. The van der Waals surface area contributed by atoms with Crippen molar-refractivity contribution in [3.63, 3.8) is 0 Å². The fourth-order valence-corrected chi connectivity index (χ4v) is 1.62. The van der Waals surface area contributed by atoms with Crippen LogP contribution in [0.1, 0.15) is 30.6 Å². The Bertz CT molecular complexity index is 293. The van der Waals surface area contributed by atoms with Crippen molar-refractivity contribution in [2.75, 3.05) is 0 Å². The molecule has 0 aromatic carbocycles. The molecule has 0 aliphatic heterocycles. The first-order valence-corrected chi connectivity index (χ1v) is 4.68. The van der Waals surface area contributed by atoms with Gasteiger partial charge in [0.05, 0.1) is 11.8 Å². The van der Waals surface area contributed by atoms with E-state index in [1.54, 1.807) is 10.9 Å². The zero-order chi connectivity index (χ0) is 9.14. The van der Waals surface area contributed by atoms with Gasteiger partial charge in [0.15, 0.2) is 5.78 Å². The first-order valence-electron chi connectivity index (χ1n) is 3.89. The number of aromatic nitrogens is 2. The minimum absolute atomic E-state index is 0.0456. The van der Waals surface area contributed by atoms with E-state index in [2.05, 4.69) is 28.0 Å². The molecule has 0 spiro atoms. The maximum atomic E-state index is 11.0. The first kappa shape index (κ1) is 9.45. The van der Waals surface area contributed by atoms with E-state index < -0.39 is 0 Å². The van der Waals surface area contributed by atoms with E-state index in [4.69, 9.17) is 0 Å². The van der Waals surface area contributed by atoms with Crippen LogP contribution in [0.25, 0.3) is 0 Å². The SMILES string of the molecule is CCCn1ncc(C(C)=O)c1Br. The topological polar surface area (TPSA) is 34.9 Å². The summed E-state index contributed by atoms with van der Waals surface area (Å²) in [6.07, 6.45) is 2.61. The van der Waals surface area contributed by atoms with E-state index in [-0.39, 0.29) is 5.78 Å². The van der Waals surface area contributed by atoms with Crippen LogP contribution in [0.3, 0.4) is 0 Å². The lowest BCUT2D eigenvalue weighted by atomic mass is 10.3. The molecule has 0 aliphatic carbocycles. The highest BCUT2D eigenvalue weighted by atomic mass is 79.9. The molecule has 1 aromatic rings. The van der Waals surface area contributed by atoms with Crippen LogP contribution in [-0.2, 0) is 6.54 Å². The van der Waals surface area contributed by atoms with Crippen LogP contribution in [0.4, 0.5) is 0 Å². The zero-order valence-electron chi connectivity index (χ0n) is 7.17. The molecule has 0 unspecified atom stereocenters. The molecule has 0 fully saturated rings. The quantitative estimate of drug-likeness (QED) is 0.748. The van der Waals surface area contributed by atoms with E-state index in [1.807, 2.05) is 0 Å². The van der Waals surface area contributed by atoms with E-state index in [1.165, 1.54) is 6.92 Å². The average Bonchev–Trinajstić information content (AvgIpc) is 2.34. The molecule has 0 radical (unpaired) electrons. The van der Waals surface area contributed by atoms with Gasteiger partial charge in [-0.25, -0.2) is 0 Å². The third kappa shape index (κ3) is 1.75. The van der Waals surface area contributed by atoms with Crippen molar-refractivity contribution < 1.29 is 4.79 Å². The molecule has 0 aliphatic rings. The summed E-state index contributed by atoms with van der Waals surface area (Å²) in [5.41, 5.74) is 0.656. The number of hydrogen-bond donors (Lipinski definition) is 0. The molecule has 0 N–H and O–H groups in total. The minimum Gasteiger partial charge on any atom is -0.294 e. The van der Waals surface area contributed by atoms with Gasteiger partial charge < -0.3 is 0 Å². The summed E-state index contributed by atoms with van der Waals surface area (Å²) in [6.45, 7) is 4.45. The lowest BCUT2D eigenvalue weighted by Gasteiger charge is -1.99. The van der Waals surface area contributed by atoms with Gasteiger partial charge in [0.1, 0.15) is 4.60 Å². The number of nitrogens with zero attached hydrogens (tertiary/aromatic N) is 2. The van der Waals surface area contributed by atoms with Gasteiger partial charge in [-0.15, -0.1) is 0 Å². The number of carbonyl (C=O) groups excluding carboxylic acids is 1. The van der Waals surface area contributed by atoms with Gasteiger partial charge in [0.2, 0.25) is 0 Å². The molecule has 4 heteroatoms. The van der Waals surface area contributed by atoms with Crippen LogP contribution in [-0.4, -0.2) is 15.6 Å². The van der Waals surface area contributed by atoms with E-state index in [0.29, 0.717) is 5.56 Å². The Kier molecular flexibility index (Phi) is 3.03. The predicted molar refractivity (Wildman–Crippen MR) is 50.2 cm³/mol. The molecular weight excluding hydrogens is 220 g/mol. The summed E-state index contributed by atoms with van der Waals surface area (Å²) >= 11 is 3.33. The second kappa shape index (κ2) is 3.85. The largest absolute Gasteiger partial charge is 0.294 e. The lowest BCUT2D eigenvalue weighted by molar-refractivity contribution is 0.101. The van der Waals surface area contributed by atoms with Gasteiger partial charge in [-0.3, -0.25) is 9.48 Å². The molecule has 12 heavy (non-hydrogen) atoms. The van der Waals surface area contributed by atoms with Crippen LogP contribution in [0.5, 0.6) is 0 Å². The Labute approximate surface area is 79.9 Å². The van der Waals surface area contributed by atoms with Crippen molar-refractivity contribution >= 4 is 21.7 Å². The third-order valence-electron chi connectivity index (χ3n) is 1.59. The number of halogens is 1. The number of carbonyl (C=O) groups is 1. The first-order chi connectivity index (χ1) is 5.66. The van der Waals surface area contributed by atoms with Crippen LogP contribution >= 0.6 is 15.9 Å². The molecule has 3 nitrogen and oxygen atoms in total. The number of Topliss-reactive ketones (excluding diaryl/α,β-unsaturated/α-hetero) is 1. The Morgan fingerprint density at radius 1 is 1.75 bits per heavy atom. The molecular formula is C8H11BrN2O. The van der Waals surface area contributed by atoms with E-state index in [0.717, 1.165) is 17.6 Å². The molecule has 0 saturated heterocycles. The van der Waals surface area contributed by atoms with E-state index in [9.17, 15) is 4.79 Å². The summed E-state index contributed by atoms with van der Waals surface area (Å²) in [4.78, 5) is 11.0. The molecule has 0 amide bonds. The Morgan fingerprint density at radius 2 is 2.42 bits per heavy atom. The standard InChI is InChI=1S/C8H11BrN2O/c1-3-4-11-8(9)7(5-10-11)6(2)12/h5H,3-4H2,1-2H3. The van der Waals surface area contributed by atoms with Gasteiger partial charge in [-0.1, -0.05) is 6.92 Å².